The number of halogens is 2. The molecule has 1 aliphatic rings. The molecule has 1 heterocycles. The van der Waals surface area contributed by atoms with Crippen molar-refractivity contribution in [3.63, 3.8) is 0 Å². The summed E-state index contributed by atoms with van der Waals surface area (Å²) >= 11 is 12.0. The van der Waals surface area contributed by atoms with E-state index < -0.39 is 34.0 Å². The highest BCUT2D eigenvalue weighted by atomic mass is 35.5. The summed E-state index contributed by atoms with van der Waals surface area (Å²) in [4.78, 5) is 25.1. The molecule has 0 saturated carbocycles. The van der Waals surface area contributed by atoms with Crippen LogP contribution in [-0.4, -0.2) is 109 Å². The average molecular weight is 784 g/mol. The van der Waals surface area contributed by atoms with Crippen LogP contribution in [0.25, 0.3) is 11.1 Å². The molecule has 0 aromatic heterocycles. The van der Waals surface area contributed by atoms with Crippen molar-refractivity contribution in [2.75, 3.05) is 67.5 Å². The molecule has 1 aliphatic heterocycles. The second-order valence-electron chi connectivity index (χ2n) is 11.8. The number of hydrogen-bond donors (Lipinski definition) is 2. The number of carbonyl (C=O) groups excluding carboxylic acids is 1. The third kappa shape index (κ3) is 11.3. The molecule has 0 aliphatic carbocycles. The number of nitrogens with zero attached hydrogens (tertiary/aromatic N) is 1. The molecule has 16 heteroatoms. The maximum atomic E-state index is 13.2. The summed E-state index contributed by atoms with van der Waals surface area (Å²) in [7, 11) is 0.688. The normalized spacial score (nSPS) is 15.1. The summed E-state index contributed by atoms with van der Waals surface area (Å²) in [5.74, 6) is -0.732. The molecule has 0 spiro atoms. The summed E-state index contributed by atoms with van der Waals surface area (Å²) in [5, 5.41) is 12.7. The number of amides is 1. The molecule has 52 heavy (non-hydrogen) atoms. The monoisotopic (exact) mass is 782 g/mol. The van der Waals surface area contributed by atoms with E-state index in [-0.39, 0.29) is 34.3 Å². The minimum absolute atomic E-state index is 0.0817. The number of methoxy groups -OCH3 is 3. The summed E-state index contributed by atoms with van der Waals surface area (Å²) in [6.07, 6.45) is 0.661. The maximum Gasteiger partial charge on any atom is 0.326 e. The van der Waals surface area contributed by atoms with Crippen LogP contribution in [-0.2, 0) is 51.6 Å². The van der Waals surface area contributed by atoms with E-state index in [2.05, 4.69) is 5.32 Å². The van der Waals surface area contributed by atoms with E-state index in [9.17, 15) is 23.1 Å². The van der Waals surface area contributed by atoms with Crippen LogP contribution in [0.5, 0.6) is 11.5 Å². The summed E-state index contributed by atoms with van der Waals surface area (Å²) in [6.45, 7) is 3.28. The summed E-state index contributed by atoms with van der Waals surface area (Å²) in [5.41, 5.74) is 3.26. The minimum Gasteiger partial charge on any atom is -0.496 e. The van der Waals surface area contributed by atoms with Gasteiger partial charge in [0.05, 0.1) is 70.9 Å². The number of aryl methyl sites for hydroxylation is 1. The van der Waals surface area contributed by atoms with E-state index >= 15 is 0 Å². The average Bonchev–Trinajstić information content (AvgIpc) is 3.09. The fourth-order valence-corrected chi connectivity index (χ4v) is 7.87. The Hall–Kier alpha value is -3.47. The van der Waals surface area contributed by atoms with Gasteiger partial charge in [0.25, 0.3) is 0 Å². The van der Waals surface area contributed by atoms with Gasteiger partial charge in [0.15, 0.2) is 0 Å². The van der Waals surface area contributed by atoms with Crippen LogP contribution in [0.15, 0.2) is 59.5 Å². The largest absolute Gasteiger partial charge is 0.496 e. The van der Waals surface area contributed by atoms with Crippen LogP contribution in [0.2, 0.25) is 10.0 Å². The van der Waals surface area contributed by atoms with Crippen LogP contribution in [0.1, 0.15) is 24.0 Å². The number of carboxylic acid groups (broad SMARTS) is 1. The Morgan fingerprint density at radius 3 is 1.94 bits per heavy atom. The van der Waals surface area contributed by atoms with Gasteiger partial charge < -0.3 is 38.8 Å². The fourth-order valence-electron chi connectivity index (χ4n) is 5.51. The lowest BCUT2D eigenvalue weighted by molar-refractivity contribution is -0.143. The molecule has 284 valence electrons. The van der Waals surface area contributed by atoms with Gasteiger partial charge in [0.2, 0.25) is 15.9 Å². The first-order chi connectivity index (χ1) is 25.0. The van der Waals surface area contributed by atoms with Gasteiger partial charge >= 0.3 is 5.97 Å². The topological polar surface area (TPSA) is 159 Å². The Bertz CT molecular complexity index is 1710. The number of sulfonamides is 1. The lowest BCUT2D eigenvalue weighted by atomic mass is 9.98. The predicted octanol–water partition coefficient (Wildman–Crippen LogP) is 4.84. The number of nitrogens with one attached hydrogen (secondary N) is 1. The fraction of sp³-hybridized carbons (Fsp3) is 0.444. The quantitative estimate of drug-likeness (QED) is 0.134. The van der Waals surface area contributed by atoms with Crippen molar-refractivity contribution in [2.24, 2.45) is 0 Å². The first kappa shape index (κ1) is 41.3. The van der Waals surface area contributed by atoms with Crippen molar-refractivity contribution in [3.05, 3.63) is 75.8 Å². The van der Waals surface area contributed by atoms with Gasteiger partial charge in [0.1, 0.15) is 23.6 Å². The van der Waals surface area contributed by atoms with Crippen molar-refractivity contribution in [3.8, 4) is 22.6 Å². The van der Waals surface area contributed by atoms with Crippen LogP contribution >= 0.6 is 23.2 Å². The lowest BCUT2D eigenvalue weighted by Crippen LogP contribution is -2.60. The molecule has 0 unspecified atom stereocenters. The van der Waals surface area contributed by atoms with Gasteiger partial charge in [-0.3, -0.25) is 4.79 Å². The number of carbonyl (C=O) groups is 2. The van der Waals surface area contributed by atoms with Crippen LogP contribution < -0.4 is 14.8 Å². The molecular formula is C36H44Cl2N2O11S. The number of hydrogen-bond acceptors (Lipinski definition) is 10. The van der Waals surface area contributed by atoms with Gasteiger partial charge in [-0.25, -0.2) is 13.2 Å². The number of carboxylic acids is 1. The zero-order chi connectivity index (χ0) is 37.7. The molecular weight excluding hydrogens is 739 g/mol. The van der Waals surface area contributed by atoms with Gasteiger partial charge in [-0.2, -0.15) is 4.31 Å². The van der Waals surface area contributed by atoms with Crippen molar-refractivity contribution >= 4 is 45.1 Å². The highest BCUT2D eigenvalue weighted by Gasteiger charge is 2.43. The lowest BCUT2D eigenvalue weighted by Gasteiger charge is -2.38. The Morgan fingerprint density at radius 2 is 1.42 bits per heavy atom. The van der Waals surface area contributed by atoms with E-state index in [0.29, 0.717) is 64.2 Å². The standard InChI is InChI=1S/C36H44Cl2N2O11S/c1-46-12-13-49-14-15-50-16-17-51-23-25-18-32(47-2)34(33(19-25)48-3)26-7-4-24(5-8-26)6-9-30(36(42)43)39-35(41)31-10-11-40(31)52(44,45)29-21-27(37)20-28(38)22-29/h4-5,7-8,18-22,30-31H,6,9-17,23H2,1-3H3,(H,39,41)(H,42,43)/t30-,31-/m0/s1. The summed E-state index contributed by atoms with van der Waals surface area (Å²) in [6, 6.07) is 12.9. The van der Waals surface area contributed by atoms with Gasteiger partial charge in [-0.15, -0.1) is 0 Å². The second-order valence-corrected chi connectivity index (χ2v) is 14.6. The maximum absolute atomic E-state index is 13.2. The van der Waals surface area contributed by atoms with Crippen LogP contribution in [0.3, 0.4) is 0 Å². The zero-order valence-electron chi connectivity index (χ0n) is 29.3. The molecule has 2 N–H and O–H groups in total. The Kier molecular flexibility index (Phi) is 16.0. The molecule has 3 aromatic rings. The minimum atomic E-state index is -4.08. The van der Waals surface area contributed by atoms with E-state index in [1.807, 2.05) is 36.4 Å². The zero-order valence-corrected chi connectivity index (χ0v) is 31.6. The van der Waals surface area contributed by atoms with Gasteiger partial charge in [0, 0.05) is 23.7 Å². The number of ether oxygens (including phenoxy) is 6. The first-order valence-corrected chi connectivity index (χ1v) is 18.8. The van der Waals surface area contributed by atoms with E-state index in [1.165, 1.54) is 18.2 Å². The van der Waals surface area contributed by atoms with Crippen molar-refractivity contribution in [1.29, 1.82) is 0 Å². The third-order valence-electron chi connectivity index (χ3n) is 8.30. The van der Waals surface area contributed by atoms with Crippen molar-refractivity contribution in [1.82, 2.24) is 9.62 Å². The molecule has 4 rings (SSSR count). The SMILES string of the molecule is COCCOCCOCCOCc1cc(OC)c(-c2ccc(CC[C@H](NC(=O)[C@@H]3CCN3S(=O)(=O)c3cc(Cl)cc(Cl)c3)C(=O)O)cc2)c(OC)c1. The Balaban J connectivity index is 1.32. The van der Waals surface area contributed by atoms with E-state index in [0.717, 1.165) is 26.6 Å². The molecule has 13 nitrogen and oxygen atoms in total. The van der Waals surface area contributed by atoms with E-state index in [4.69, 9.17) is 51.6 Å². The van der Waals surface area contributed by atoms with Gasteiger partial charge in [-0.05, 0) is 66.3 Å². The third-order valence-corrected chi connectivity index (χ3v) is 10.6. The molecule has 3 aromatic carbocycles. The Labute approximate surface area is 314 Å². The van der Waals surface area contributed by atoms with Crippen molar-refractivity contribution in [2.45, 2.75) is 42.8 Å². The van der Waals surface area contributed by atoms with Crippen molar-refractivity contribution < 1.29 is 51.5 Å². The first-order valence-electron chi connectivity index (χ1n) is 16.6. The van der Waals surface area contributed by atoms with Gasteiger partial charge in [-0.1, -0.05) is 47.5 Å². The van der Waals surface area contributed by atoms with Crippen LogP contribution in [0.4, 0.5) is 0 Å². The smallest absolute Gasteiger partial charge is 0.326 e. The highest BCUT2D eigenvalue weighted by molar-refractivity contribution is 7.89. The molecule has 0 radical (unpaired) electrons. The molecule has 0 bridgehead atoms. The molecule has 1 fully saturated rings. The number of rotatable bonds is 22. The highest BCUT2D eigenvalue weighted by Crippen LogP contribution is 2.40. The second kappa shape index (κ2) is 20.1. The molecule has 1 saturated heterocycles. The molecule has 2 atom stereocenters. The van der Waals surface area contributed by atoms with Crippen LogP contribution in [0, 0.1) is 0 Å². The number of benzene rings is 3. The predicted molar refractivity (Wildman–Crippen MR) is 195 cm³/mol. The number of aliphatic carboxylic acids is 1. The Morgan fingerprint density at radius 1 is 0.846 bits per heavy atom. The van der Waals surface area contributed by atoms with E-state index in [1.54, 1.807) is 21.3 Å². The summed E-state index contributed by atoms with van der Waals surface area (Å²) < 4.78 is 60.4. The molecule has 1 amide bonds.